The van der Waals surface area contributed by atoms with Crippen LogP contribution in [0.2, 0.25) is 0 Å². The van der Waals surface area contributed by atoms with Crippen molar-refractivity contribution < 1.29 is 0 Å². The molecule has 1 nitrogen and oxygen atoms in total. The van der Waals surface area contributed by atoms with Crippen molar-refractivity contribution in [1.29, 1.82) is 0 Å². The van der Waals surface area contributed by atoms with Crippen molar-refractivity contribution in [3.05, 3.63) is 223 Å². The Morgan fingerprint density at radius 3 is 1.08 bits per heavy atom. The minimum Gasteiger partial charge on any atom is -0.311 e. The second-order valence-corrected chi connectivity index (χ2v) is 14.2. The maximum absolute atomic E-state index is 2.41. The average Bonchev–Trinajstić information content (AvgIpc) is 3.57. The van der Waals surface area contributed by atoms with Crippen molar-refractivity contribution in [2.45, 2.75) is 19.3 Å². The lowest BCUT2D eigenvalue weighted by Gasteiger charge is -2.26. The summed E-state index contributed by atoms with van der Waals surface area (Å²) in [5, 5.41) is 0. The predicted octanol–water partition coefficient (Wildman–Crippen LogP) is 14.1. The Morgan fingerprint density at radius 1 is 0.358 bits per heavy atom. The normalized spacial score (nSPS) is 12.5. The van der Waals surface area contributed by atoms with Gasteiger partial charge < -0.3 is 4.90 Å². The van der Waals surface area contributed by atoms with Gasteiger partial charge in [0.1, 0.15) is 0 Å². The lowest BCUT2D eigenvalue weighted by molar-refractivity contribution is 0.517. The summed E-state index contributed by atoms with van der Waals surface area (Å²) >= 11 is 0. The first-order valence-corrected chi connectivity index (χ1v) is 18.7. The molecule has 0 fully saturated rings. The second kappa shape index (κ2) is 14.3. The average molecular weight is 680 g/mol. The second-order valence-electron chi connectivity index (χ2n) is 14.2. The summed E-state index contributed by atoms with van der Waals surface area (Å²) in [5.74, 6) is 0.904. The summed E-state index contributed by atoms with van der Waals surface area (Å²) in [7, 11) is 0. The molecule has 1 heteroatoms. The van der Waals surface area contributed by atoms with E-state index in [1.807, 2.05) is 0 Å². The van der Waals surface area contributed by atoms with Crippen molar-refractivity contribution >= 4 is 17.1 Å². The summed E-state index contributed by atoms with van der Waals surface area (Å²) in [5.41, 5.74) is 17.8. The Balaban J connectivity index is 0.971. The van der Waals surface area contributed by atoms with E-state index in [4.69, 9.17) is 0 Å². The van der Waals surface area contributed by atoms with Crippen LogP contribution >= 0.6 is 0 Å². The monoisotopic (exact) mass is 679 g/mol. The first-order valence-electron chi connectivity index (χ1n) is 18.7. The van der Waals surface area contributed by atoms with Crippen molar-refractivity contribution in [1.82, 2.24) is 0 Å². The molecule has 1 unspecified atom stereocenters. The zero-order valence-corrected chi connectivity index (χ0v) is 29.9. The van der Waals surface area contributed by atoms with E-state index in [1.165, 1.54) is 61.2 Å². The van der Waals surface area contributed by atoms with Crippen LogP contribution in [0.1, 0.15) is 29.5 Å². The molecule has 0 heterocycles. The minimum atomic E-state index is 0.418. The molecule has 0 saturated heterocycles. The molecule has 1 aliphatic rings. The van der Waals surface area contributed by atoms with Gasteiger partial charge in [0.15, 0.2) is 0 Å². The van der Waals surface area contributed by atoms with Crippen molar-refractivity contribution in [3.63, 3.8) is 0 Å². The third-order valence-corrected chi connectivity index (χ3v) is 10.9. The molecule has 8 aromatic carbocycles. The zero-order valence-electron chi connectivity index (χ0n) is 29.9. The van der Waals surface area contributed by atoms with E-state index in [0.717, 1.165) is 23.5 Å². The topological polar surface area (TPSA) is 3.24 Å². The Morgan fingerprint density at radius 2 is 0.679 bits per heavy atom. The highest BCUT2D eigenvalue weighted by Crippen LogP contribution is 2.48. The summed E-state index contributed by atoms with van der Waals surface area (Å²) in [6, 6.07) is 75.0. The number of rotatable bonds is 9. The van der Waals surface area contributed by atoms with Crippen molar-refractivity contribution in [3.8, 4) is 44.5 Å². The molecule has 0 aromatic heterocycles. The molecule has 1 atom stereocenters. The molecule has 0 radical (unpaired) electrons. The number of hydrogen-bond acceptors (Lipinski definition) is 1. The van der Waals surface area contributed by atoms with Gasteiger partial charge in [-0.25, -0.2) is 0 Å². The van der Waals surface area contributed by atoms with Gasteiger partial charge in [0, 0.05) is 23.0 Å². The standard InChI is InChI=1S/C52H41N/c1-37(52-50-18-10-8-16-48(50)49-17-9-11-19-51(49)52)36-38-20-22-41(23-21-38)44-28-34-47(35-29-44)53(45-30-24-42(25-31-45)39-12-4-2-5-13-39)46-32-26-43(27-33-46)40-14-6-3-7-15-40/h2-35,37,52H,36H2,1H3. The predicted molar refractivity (Wildman–Crippen MR) is 224 cm³/mol. The van der Waals surface area contributed by atoms with Crippen molar-refractivity contribution in [2.24, 2.45) is 5.92 Å². The van der Waals surface area contributed by atoms with Crippen LogP contribution in [-0.4, -0.2) is 0 Å². The zero-order chi connectivity index (χ0) is 35.6. The fourth-order valence-electron chi connectivity index (χ4n) is 8.25. The van der Waals surface area contributed by atoms with Gasteiger partial charge in [-0.05, 0) is 110 Å². The highest BCUT2D eigenvalue weighted by Gasteiger charge is 2.31. The fraction of sp³-hybridized carbons (Fsp3) is 0.0769. The molecule has 0 saturated carbocycles. The molecule has 254 valence electrons. The van der Waals surface area contributed by atoms with Crippen LogP contribution in [0.3, 0.4) is 0 Å². The first kappa shape index (κ1) is 32.5. The highest BCUT2D eigenvalue weighted by molar-refractivity contribution is 5.81. The molecule has 8 aromatic rings. The Bertz CT molecular complexity index is 2320. The molecule has 0 amide bonds. The van der Waals surface area contributed by atoms with Gasteiger partial charge in [-0.15, -0.1) is 0 Å². The lowest BCUT2D eigenvalue weighted by atomic mass is 9.81. The molecular formula is C52H41N. The molecule has 0 aliphatic heterocycles. The first-order chi connectivity index (χ1) is 26.2. The number of anilines is 3. The van der Waals surface area contributed by atoms with Crippen LogP contribution in [0.5, 0.6) is 0 Å². The van der Waals surface area contributed by atoms with E-state index >= 15 is 0 Å². The van der Waals surface area contributed by atoms with Crippen LogP contribution in [0.15, 0.2) is 206 Å². The number of benzene rings is 8. The number of hydrogen-bond donors (Lipinski definition) is 0. The molecular weight excluding hydrogens is 639 g/mol. The van der Waals surface area contributed by atoms with Gasteiger partial charge in [-0.3, -0.25) is 0 Å². The molecule has 0 bridgehead atoms. The maximum atomic E-state index is 2.41. The van der Waals surface area contributed by atoms with E-state index in [-0.39, 0.29) is 0 Å². The molecule has 9 rings (SSSR count). The van der Waals surface area contributed by atoms with E-state index in [1.54, 1.807) is 0 Å². The molecule has 1 aliphatic carbocycles. The Labute approximate surface area is 313 Å². The third kappa shape index (κ3) is 6.47. The van der Waals surface area contributed by atoms with E-state index in [9.17, 15) is 0 Å². The SMILES string of the molecule is CC(Cc1ccc(-c2ccc(N(c3ccc(-c4ccccc4)cc3)c3ccc(-c4ccccc4)cc3)cc2)cc1)C1c2ccccc2-c2ccccc21. The quantitative estimate of drug-likeness (QED) is 0.147. The van der Waals surface area contributed by atoms with Gasteiger partial charge in [0.25, 0.3) is 0 Å². The lowest BCUT2D eigenvalue weighted by Crippen LogP contribution is -2.11. The van der Waals surface area contributed by atoms with Crippen molar-refractivity contribution in [2.75, 3.05) is 4.90 Å². The highest BCUT2D eigenvalue weighted by atomic mass is 15.1. The van der Waals surface area contributed by atoms with E-state index in [0.29, 0.717) is 11.8 Å². The maximum Gasteiger partial charge on any atom is 0.0462 e. The van der Waals surface area contributed by atoms with Gasteiger partial charge in [-0.2, -0.15) is 0 Å². The third-order valence-electron chi connectivity index (χ3n) is 10.9. The largest absolute Gasteiger partial charge is 0.311 e. The van der Waals surface area contributed by atoms with Crippen LogP contribution in [0.4, 0.5) is 17.1 Å². The number of nitrogens with zero attached hydrogens (tertiary/aromatic N) is 1. The van der Waals surface area contributed by atoms with Gasteiger partial charge in [0.2, 0.25) is 0 Å². The summed E-state index contributed by atoms with van der Waals surface area (Å²) in [4.78, 5) is 2.34. The van der Waals surface area contributed by atoms with Crippen LogP contribution < -0.4 is 4.90 Å². The van der Waals surface area contributed by atoms with Gasteiger partial charge >= 0.3 is 0 Å². The minimum absolute atomic E-state index is 0.418. The number of fused-ring (bicyclic) bond motifs is 3. The van der Waals surface area contributed by atoms with Crippen LogP contribution in [0.25, 0.3) is 44.5 Å². The van der Waals surface area contributed by atoms with Gasteiger partial charge in [-0.1, -0.05) is 177 Å². The van der Waals surface area contributed by atoms with Gasteiger partial charge in [0.05, 0.1) is 0 Å². The summed E-state index contributed by atoms with van der Waals surface area (Å²) < 4.78 is 0. The molecule has 0 N–H and O–H groups in total. The van der Waals surface area contributed by atoms with E-state index in [2.05, 4.69) is 218 Å². The fourth-order valence-corrected chi connectivity index (χ4v) is 8.25. The molecule has 53 heavy (non-hydrogen) atoms. The van der Waals surface area contributed by atoms with Crippen LogP contribution in [-0.2, 0) is 6.42 Å². The summed E-state index contributed by atoms with van der Waals surface area (Å²) in [6.45, 7) is 2.41. The van der Waals surface area contributed by atoms with Crippen LogP contribution in [0, 0.1) is 5.92 Å². The Kier molecular flexibility index (Phi) is 8.75. The summed E-state index contributed by atoms with van der Waals surface area (Å²) in [6.07, 6.45) is 1.04. The smallest absolute Gasteiger partial charge is 0.0462 e. The Hall–Kier alpha value is -6.44. The van der Waals surface area contributed by atoms with E-state index < -0.39 is 0 Å². The molecule has 0 spiro atoms.